The summed E-state index contributed by atoms with van der Waals surface area (Å²) in [5.74, 6) is -0.369. The van der Waals surface area contributed by atoms with E-state index in [1.807, 2.05) is 0 Å². The van der Waals surface area contributed by atoms with Crippen LogP contribution in [-0.4, -0.2) is 27.4 Å². The molecule has 0 unspecified atom stereocenters. The fourth-order valence-electron chi connectivity index (χ4n) is 1.15. The van der Waals surface area contributed by atoms with Crippen LogP contribution in [0.1, 0.15) is 6.92 Å². The Morgan fingerprint density at radius 1 is 1.29 bits per heavy atom. The van der Waals surface area contributed by atoms with Crippen molar-refractivity contribution in [1.82, 2.24) is 10.0 Å². The van der Waals surface area contributed by atoms with E-state index in [4.69, 9.17) is 5.73 Å². The molecule has 1 aromatic carbocycles. The van der Waals surface area contributed by atoms with Crippen molar-refractivity contribution in [3.63, 3.8) is 0 Å². The van der Waals surface area contributed by atoms with Crippen molar-refractivity contribution in [2.75, 3.05) is 18.8 Å². The highest BCUT2D eigenvalue weighted by Gasteiger charge is 2.14. The van der Waals surface area contributed by atoms with Crippen molar-refractivity contribution in [2.24, 2.45) is 0 Å². The zero-order chi connectivity index (χ0) is 12.9. The van der Waals surface area contributed by atoms with Crippen molar-refractivity contribution in [3.05, 3.63) is 24.3 Å². The third kappa shape index (κ3) is 4.04. The van der Waals surface area contributed by atoms with Crippen LogP contribution in [0.5, 0.6) is 0 Å². The number of nitrogen functional groups attached to an aromatic ring is 1. The molecule has 0 aliphatic rings. The zero-order valence-electron chi connectivity index (χ0n) is 9.43. The zero-order valence-corrected chi connectivity index (χ0v) is 10.3. The summed E-state index contributed by atoms with van der Waals surface area (Å²) < 4.78 is 25.6. The van der Waals surface area contributed by atoms with Crippen LogP contribution in [0.3, 0.4) is 0 Å². The van der Waals surface area contributed by atoms with Crippen LogP contribution in [0.4, 0.5) is 5.69 Å². The van der Waals surface area contributed by atoms with Gasteiger partial charge in [0, 0.05) is 12.2 Å². The quantitative estimate of drug-likeness (QED) is 0.629. The van der Waals surface area contributed by atoms with Crippen LogP contribution in [0.25, 0.3) is 0 Å². The SMILES string of the molecule is CCNC(=O)CNS(=O)(=O)c1ccc(N)cc1. The van der Waals surface area contributed by atoms with Crippen molar-refractivity contribution in [2.45, 2.75) is 11.8 Å². The maximum absolute atomic E-state index is 11.7. The molecule has 0 spiro atoms. The number of nitrogens with two attached hydrogens (primary N) is 1. The molecule has 17 heavy (non-hydrogen) atoms. The number of likely N-dealkylation sites (N-methyl/N-ethyl adjacent to an activating group) is 1. The van der Waals surface area contributed by atoms with Crippen molar-refractivity contribution in [1.29, 1.82) is 0 Å². The molecule has 0 radical (unpaired) electrons. The summed E-state index contributed by atoms with van der Waals surface area (Å²) in [6.07, 6.45) is 0. The third-order valence-electron chi connectivity index (χ3n) is 1.99. The molecular weight excluding hydrogens is 242 g/mol. The molecule has 0 saturated carbocycles. The Balaban J connectivity index is 2.69. The Hall–Kier alpha value is -1.60. The van der Waals surface area contributed by atoms with Gasteiger partial charge in [0.05, 0.1) is 11.4 Å². The summed E-state index contributed by atoms with van der Waals surface area (Å²) >= 11 is 0. The second kappa shape index (κ2) is 5.65. The fraction of sp³-hybridized carbons (Fsp3) is 0.300. The summed E-state index contributed by atoms with van der Waals surface area (Å²) in [6, 6.07) is 5.74. The molecule has 0 heterocycles. The number of amides is 1. The Labute approximate surface area is 100 Å². The standard InChI is InChI=1S/C10H15N3O3S/c1-2-12-10(14)7-13-17(15,16)9-5-3-8(11)4-6-9/h3-6,13H,2,7,11H2,1H3,(H,12,14). The molecule has 7 heteroatoms. The Morgan fingerprint density at radius 2 is 1.88 bits per heavy atom. The minimum absolute atomic E-state index is 0.0796. The molecule has 1 rings (SSSR count). The number of carbonyl (C=O) groups excluding carboxylic acids is 1. The molecule has 0 aliphatic carbocycles. The average molecular weight is 257 g/mol. The van der Waals surface area contributed by atoms with E-state index in [1.165, 1.54) is 24.3 Å². The molecule has 0 atom stereocenters. The largest absolute Gasteiger partial charge is 0.399 e. The van der Waals surface area contributed by atoms with Gasteiger partial charge in [0.15, 0.2) is 0 Å². The van der Waals surface area contributed by atoms with Crippen molar-refractivity contribution >= 4 is 21.6 Å². The molecule has 0 fully saturated rings. The third-order valence-corrected chi connectivity index (χ3v) is 3.40. The predicted molar refractivity (Wildman–Crippen MR) is 64.7 cm³/mol. The van der Waals surface area contributed by atoms with E-state index in [1.54, 1.807) is 6.92 Å². The molecular formula is C10H15N3O3S. The Morgan fingerprint density at radius 3 is 2.41 bits per heavy atom. The van der Waals surface area contributed by atoms with E-state index in [9.17, 15) is 13.2 Å². The summed E-state index contributed by atoms with van der Waals surface area (Å²) in [7, 11) is -3.66. The van der Waals surface area contributed by atoms with Gasteiger partial charge < -0.3 is 11.1 Å². The first-order valence-electron chi connectivity index (χ1n) is 5.07. The molecule has 0 aliphatic heterocycles. The van der Waals surface area contributed by atoms with Crippen LogP contribution in [-0.2, 0) is 14.8 Å². The highest BCUT2D eigenvalue weighted by molar-refractivity contribution is 7.89. The minimum atomic E-state index is -3.66. The van der Waals surface area contributed by atoms with Gasteiger partial charge in [-0.3, -0.25) is 4.79 Å². The van der Waals surface area contributed by atoms with Gasteiger partial charge in [-0.1, -0.05) is 0 Å². The average Bonchev–Trinajstić information content (AvgIpc) is 2.28. The number of benzene rings is 1. The van der Waals surface area contributed by atoms with E-state index < -0.39 is 10.0 Å². The van der Waals surface area contributed by atoms with Crippen LogP contribution in [0.2, 0.25) is 0 Å². The molecule has 1 aromatic rings. The van der Waals surface area contributed by atoms with Gasteiger partial charge in [0.25, 0.3) is 0 Å². The lowest BCUT2D eigenvalue weighted by Gasteiger charge is -2.06. The van der Waals surface area contributed by atoms with E-state index in [0.29, 0.717) is 12.2 Å². The van der Waals surface area contributed by atoms with Gasteiger partial charge in [-0.25, -0.2) is 13.1 Å². The number of hydrogen-bond donors (Lipinski definition) is 3. The lowest BCUT2D eigenvalue weighted by Crippen LogP contribution is -2.36. The van der Waals surface area contributed by atoms with Crippen molar-refractivity contribution in [3.8, 4) is 0 Å². The lowest BCUT2D eigenvalue weighted by atomic mass is 10.3. The second-order valence-corrected chi connectivity index (χ2v) is 5.11. The molecule has 1 amide bonds. The molecule has 4 N–H and O–H groups in total. The van der Waals surface area contributed by atoms with Gasteiger partial charge >= 0.3 is 0 Å². The van der Waals surface area contributed by atoms with Crippen molar-refractivity contribution < 1.29 is 13.2 Å². The smallest absolute Gasteiger partial charge is 0.241 e. The maximum atomic E-state index is 11.7. The summed E-state index contributed by atoms with van der Waals surface area (Å²) in [5.41, 5.74) is 5.93. The van der Waals surface area contributed by atoms with Crippen LogP contribution in [0, 0.1) is 0 Å². The Bertz CT molecular complexity index is 482. The van der Waals surface area contributed by atoms with E-state index in [-0.39, 0.29) is 17.3 Å². The maximum Gasteiger partial charge on any atom is 0.241 e. The number of anilines is 1. The number of carbonyl (C=O) groups is 1. The molecule has 0 saturated heterocycles. The van der Waals surface area contributed by atoms with Gasteiger partial charge in [-0.05, 0) is 31.2 Å². The normalized spacial score (nSPS) is 11.1. The number of rotatable bonds is 5. The van der Waals surface area contributed by atoms with Crippen LogP contribution >= 0.6 is 0 Å². The van der Waals surface area contributed by atoms with Gasteiger partial charge in [0.2, 0.25) is 15.9 Å². The number of sulfonamides is 1. The second-order valence-electron chi connectivity index (χ2n) is 3.35. The molecule has 0 aromatic heterocycles. The summed E-state index contributed by atoms with van der Waals surface area (Å²) in [6.45, 7) is 1.94. The summed E-state index contributed by atoms with van der Waals surface area (Å²) in [4.78, 5) is 11.2. The molecule has 94 valence electrons. The lowest BCUT2D eigenvalue weighted by molar-refractivity contribution is -0.119. The number of hydrogen-bond acceptors (Lipinski definition) is 4. The monoisotopic (exact) mass is 257 g/mol. The Kier molecular flexibility index (Phi) is 4.47. The van der Waals surface area contributed by atoms with Gasteiger partial charge in [-0.15, -0.1) is 0 Å². The van der Waals surface area contributed by atoms with E-state index >= 15 is 0 Å². The fourth-order valence-corrected chi connectivity index (χ4v) is 2.13. The first kappa shape index (κ1) is 13.5. The predicted octanol–water partition coefficient (Wildman–Crippen LogP) is -0.317. The highest BCUT2D eigenvalue weighted by atomic mass is 32.2. The topological polar surface area (TPSA) is 101 Å². The first-order valence-corrected chi connectivity index (χ1v) is 6.56. The van der Waals surface area contributed by atoms with E-state index in [0.717, 1.165) is 0 Å². The first-order chi connectivity index (χ1) is 7.95. The molecule has 0 bridgehead atoms. The van der Waals surface area contributed by atoms with Gasteiger partial charge in [0.1, 0.15) is 0 Å². The summed E-state index contributed by atoms with van der Waals surface area (Å²) in [5, 5.41) is 2.49. The highest BCUT2D eigenvalue weighted by Crippen LogP contribution is 2.10. The van der Waals surface area contributed by atoms with Gasteiger partial charge in [-0.2, -0.15) is 0 Å². The van der Waals surface area contributed by atoms with Crippen LogP contribution < -0.4 is 15.8 Å². The van der Waals surface area contributed by atoms with E-state index in [2.05, 4.69) is 10.0 Å². The minimum Gasteiger partial charge on any atom is -0.399 e. The van der Waals surface area contributed by atoms with Crippen LogP contribution in [0.15, 0.2) is 29.2 Å². The number of nitrogens with one attached hydrogen (secondary N) is 2. The molecule has 6 nitrogen and oxygen atoms in total.